The SMILES string of the molecule is O=P(O)(O)CCCCCCCC[n+]1ccc(-c2ccc(-c3cncs3)cc2)cc1.[Br-]. The van der Waals surface area contributed by atoms with Crippen molar-refractivity contribution >= 4 is 18.9 Å². The molecule has 162 valence electrons. The summed E-state index contributed by atoms with van der Waals surface area (Å²) in [5.41, 5.74) is 5.47. The van der Waals surface area contributed by atoms with E-state index in [0.717, 1.165) is 38.6 Å². The van der Waals surface area contributed by atoms with Crippen molar-refractivity contribution in [3.05, 3.63) is 60.5 Å². The van der Waals surface area contributed by atoms with Gasteiger partial charge in [-0.15, -0.1) is 11.3 Å². The Kier molecular flexibility index (Phi) is 10.4. The molecule has 0 saturated carbocycles. The van der Waals surface area contributed by atoms with Gasteiger partial charge < -0.3 is 26.8 Å². The number of halogens is 1. The number of aryl methyl sites for hydroxylation is 1. The lowest BCUT2D eigenvalue weighted by Crippen LogP contribution is -3.00. The molecule has 2 aromatic heterocycles. The van der Waals surface area contributed by atoms with E-state index in [0.29, 0.717) is 6.42 Å². The summed E-state index contributed by atoms with van der Waals surface area (Å²) in [6, 6.07) is 12.9. The average Bonchev–Trinajstić information content (AvgIpc) is 3.25. The molecule has 0 saturated heterocycles. The number of thiazole rings is 1. The molecule has 0 aliphatic heterocycles. The molecule has 3 aromatic rings. The van der Waals surface area contributed by atoms with Gasteiger partial charge in [-0.05, 0) is 29.5 Å². The van der Waals surface area contributed by atoms with Crippen LogP contribution in [0, 0.1) is 0 Å². The number of pyridine rings is 1. The van der Waals surface area contributed by atoms with Gasteiger partial charge in [0, 0.05) is 30.9 Å². The van der Waals surface area contributed by atoms with Gasteiger partial charge in [-0.2, -0.15) is 0 Å². The van der Waals surface area contributed by atoms with Crippen molar-refractivity contribution in [2.24, 2.45) is 0 Å². The summed E-state index contributed by atoms with van der Waals surface area (Å²) in [5.74, 6) is 0. The van der Waals surface area contributed by atoms with Crippen LogP contribution in [0.25, 0.3) is 21.6 Å². The van der Waals surface area contributed by atoms with Gasteiger partial charge in [-0.3, -0.25) is 9.55 Å². The molecule has 1 aromatic carbocycles. The molecule has 0 aliphatic rings. The molecule has 30 heavy (non-hydrogen) atoms. The zero-order valence-electron chi connectivity index (χ0n) is 16.9. The molecule has 2 heterocycles. The minimum absolute atomic E-state index is 0. The van der Waals surface area contributed by atoms with Gasteiger partial charge in [0.25, 0.3) is 0 Å². The van der Waals surface area contributed by atoms with Crippen molar-refractivity contribution in [2.75, 3.05) is 6.16 Å². The van der Waals surface area contributed by atoms with Gasteiger partial charge >= 0.3 is 7.60 Å². The average molecular weight is 511 g/mol. The minimum Gasteiger partial charge on any atom is -1.00 e. The fourth-order valence-electron chi connectivity index (χ4n) is 3.30. The van der Waals surface area contributed by atoms with Crippen LogP contribution in [0.1, 0.15) is 38.5 Å². The summed E-state index contributed by atoms with van der Waals surface area (Å²) in [7, 11) is -3.81. The van der Waals surface area contributed by atoms with Crippen LogP contribution in [-0.2, 0) is 11.1 Å². The smallest absolute Gasteiger partial charge is 0.325 e. The number of unbranched alkanes of at least 4 members (excludes halogenated alkanes) is 5. The van der Waals surface area contributed by atoms with Crippen LogP contribution < -0.4 is 21.5 Å². The predicted octanol–water partition coefficient (Wildman–Crippen LogP) is 2.29. The van der Waals surface area contributed by atoms with Crippen LogP contribution in [0.3, 0.4) is 0 Å². The lowest BCUT2D eigenvalue weighted by molar-refractivity contribution is -0.697. The lowest BCUT2D eigenvalue weighted by Gasteiger charge is -2.04. The molecule has 0 atom stereocenters. The van der Waals surface area contributed by atoms with Gasteiger partial charge in [0.15, 0.2) is 12.4 Å². The maximum atomic E-state index is 10.8. The first-order chi connectivity index (χ1) is 14.0. The first-order valence-electron chi connectivity index (χ1n) is 10.0. The maximum Gasteiger partial charge on any atom is 0.325 e. The first kappa shape index (κ1) is 24.9. The van der Waals surface area contributed by atoms with Crippen molar-refractivity contribution in [1.82, 2.24) is 4.98 Å². The van der Waals surface area contributed by atoms with Gasteiger partial charge in [-0.25, -0.2) is 4.57 Å². The second kappa shape index (κ2) is 12.5. The number of benzene rings is 1. The van der Waals surface area contributed by atoms with Crippen molar-refractivity contribution in [3.63, 3.8) is 0 Å². The molecule has 0 radical (unpaired) electrons. The van der Waals surface area contributed by atoms with Crippen LogP contribution in [0.5, 0.6) is 0 Å². The molecule has 0 spiro atoms. The standard InChI is InChI=1S/C22H27N2O3PS.BrH/c25-28(26,27)16-6-4-2-1-3-5-13-24-14-11-20(12-15-24)19-7-9-21(10-8-19)22-17-23-18-29-22;/h7-12,14-15,17-18H,1-6,13,16H2,(H-,25,26,27);1H. The van der Waals surface area contributed by atoms with Crippen molar-refractivity contribution in [2.45, 2.75) is 45.1 Å². The molecule has 5 nitrogen and oxygen atoms in total. The summed E-state index contributed by atoms with van der Waals surface area (Å²) >= 11 is 1.65. The molecule has 0 fully saturated rings. The number of hydrogen-bond donors (Lipinski definition) is 2. The van der Waals surface area contributed by atoms with Gasteiger partial charge in [-0.1, -0.05) is 43.5 Å². The highest BCUT2D eigenvalue weighted by molar-refractivity contribution is 7.51. The third-order valence-corrected chi connectivity index (χ3v) is 6.66. The summed E-state index contributed by atoms with van der Waals surface area (Å²) in [5, 5.41) is 0. The highest BCUT2D eigenvalue weighted by atomic mass is 79.9. The monoisotopic (exact) mass is 510 g/mol. The van der Waals surface area contributed by atoms with E-state index in [1.165, 1.54) is 21.6 Å². The van der Waals surface area contributed by atoms with Gasteiger partial charge in [0.2, 0.25) is 0 Å². The van der Waals surface area contributed by atoms with Crippen LogP contribution >= 0.6 is 18.9 Å². The third-order valence-electron chi connectivity index (χ3n) is 4.94. The van der Waals surface area contributed by atoms with Gasteiger partial charge in [0.1, 0.15) is 6.54 Å². The summed E-state index contributed by atoms with van der Waals surface area (Å²) < 4.78 is 13.0. The van der Waals surface area contributed by atoms with E-state index in [2.05, 4.69) is 58.3 Å². The Labute approximate surface area is 192 Å². The summed E-state index contributed by atoms with van der Waals surface area (Å²) in [6.07, 6.45) is 12.1. The molecule has 8 heteroatoms. The lowest BCUT2D eigenvalue weighted by atomic mass is 10.0. The maximum absolute atomic E-state index is 10.8. The van der Waals surface area contributed by atoms with E-state index in [9.17, 15) is 4.57 Å². The number of rotatable bonds is 11. The van der Waals surface area contributed by atoms with E-state index >= 15 is 0 Å². The van der Waals surface area contributed by atoms with E-state index < -0.39 is 7.60 Å². The van der Waals surface area contributed by atoms with E-state index in [-0.39, 0.29) is 23.1 Å². The fraction of sp³-hybridized carbons (Fsp3) is 0.364. The van der Waals surface area contributed by atoms with Crippen LogP contribution in [0.2, 0.25) is 0 Å². The van der Waals surface area contributed by atoms with Crippen molar-refractivity contribution in [3.8, 4) is 21.6 Å². The Morgan fingerprint density at radius 2 is 1.40 bits per heavy atom. The third kappa shape index (κ3) is 8.40. The number of hydrogen-bond acceptors (Lipinski definition) is 3. The summed E-state index contributed by atoms with van der Waals surface area (Å²) in [6.45, 7) is 0.993. The highest BCUT2D eigenvalue weighted by Gasteiger charge is 2.11. The quantitative estimate of drug-likeness (QED) is 0.236. The van der Waals surface area contributed by atoms with Crippen LogP contribution in [0.4, 0.5) is 0 Å². The van der Waals surface area contributed by atoms with Crippen LogP contribution in [0.15, 0.2) is 60.5 Å². The zero-order chi connectivity index (χ0) is 20.5. The second-order valence-electron chi connectivity index (χ2n) is 7.28. The molecule has 0 bridgehead atoms. The van der Waals surface area contributed by atoms with Crippen molar-refractivity contribution < 1.29 is 35.9 Å². The molecular weight excluding hydrogens is 483 g/mol. The predicted molar refractivity (Wildman–Crippen MR) is 118 cm³/mol. The van der Waals surface area contributed by atoms with E-state index in [4.69, 9.17) is 9.79 Å². The topological polar surface area (TPSA) is 74.3 Å². The first-order valence-corrected chi connectivity index (χ1v) is 12.7. The Hall–Kier alpha value is -1.37. The molecule has 0 aliphatic carbocycles. The zero-order valence-corrected chi connectivity index (χ0v) is 20.2. The Morgan fingerprint density at radius 3 is 2.00 bits per heavy atom. The molecule has 2 N–H and O–H groups in total. The van der Waals surface area contributed by atoms with Crippen LogP contribution in [-0.4, -0.2) is 20.9 Å². The minimum atomic E-state index is -3.81. The fourth-order valence-corrected chi connectivity index (χ4v) is 4.57. The molecular formula is C22H28BrN2O3PS. The number of aromatic nitrogens is 2. The Balaban J connectivity index is 0.00000320. The molecule has 3 rings (SSSR count). The van der Waals surface area contributed by atoms with Gasteiger partial charge in [0.05, 0.1) is 10.4 Å². The van der Waals surface area contributed by atoms with E-state index in [1.807, 2.05) is 11.7 Å². The molecule has 0 unspecified atom stereocenters. The normalized spacial score (nSPS) is 11.3. The highest BCUT2D eigenvalue weighted by Crippen LogP contribution is 2.35. The summed E-state index contributed by atoms with van der Waals surface area (Å²) in [4.78, 5) is 23.0. The van der Waals surface area contributed by atoms with E-state index in [1.54, 1.807) is 11.3 Å². The Morgan fingerprint density at radius 1 is 0.833 bits per heavy atom. The molecule has 0 amide bonds. The second-order valence-corrected chi connectivity index (χ2v) is 9.94. The van der Waals surface area contributed by atoms with Crippen molar-refractivity contribution in [1.29, 1.82) is 0 Å². The largest absolute Gasteiger partial charge is 1.00 e. The number of nitrogens with zero attached hydrogens (tertiary/aromatic N) is 2. The Bertz CT molecular complexity index is 913.